The summed E-state index contributed by atoms with van der Waals surface area (Å²) in [5.74, 6) is -0.931. The molecule has 0 aliphatic rings. The van der Waals surface area contributed by atoms with E-state index in [1.54, 1.807) is 27.7 Å². The van der Waals surface area contributed by atoms with E-state index in [0.717, 1.165) is 32.7 Å². The van der Waals surface area contributed by atoms with Crippen molar-refractivity contribution in [3.8, 4) is 0 Å². The fourth-order valence-electron chi connectivity index (χ4n) is 5.81. The van der Waals surface area contributed by atoms with Gasteiger partial charge in [-0.3, -0.25) is 9.59 Å². The lowest BCUT2D eigenvalue weighted by Gasteiger charge is -2.38. The van der Waals surface area contributed by atoms with Crippen LogP contribution in [0.25, 0.3) is 21.5 Å². The molecule has 0 heterocycles. The summed E-state index contributed by atoms with van der Waals surface area (Å²) in [6.07, 6.45) is 0.479. The van der Waals surface area contributed by atoms with E-state index in [1.807, 2.05) is 98.8 Å². The molecule has 4 rings (SSSR count). The summed E-state index contributed by atoms with van der Waals surface area (Å²) >= 11 is 0. The summed E-state index contributed by atoms with van der Waals surface area (Å²) in [5, 5.41) is 32.4. The Morgan fingerprint density at radius 2 is 0.951 bits per heavy atom. The van der Waals surface area contributed by atoms with Gasteiger partial charge in [0.25, 0.3) is 0 Å². The molecule has 0 bridgehead atoms. The smallest absolute Gasteiger partial charge is 0.236 e. The minimum Gasteiger partial charge on any atom is -0.388 e. The van der Waals surface area contributed by atoms with Crippen LogP contribution >= 0.6 is 0 Å². The molecule has 0 unspecified atom stereocenters. The topological polar surface area (TPSA) is 98.7 Å². The summed E-state index contributed by atoms with van der Waals surface area (Å²) in [5.41, 5.74) is -2.52. The van der Waals surface area contributed by atoms with Crippen molar-refractivity contribution in [3.63, 3.8) is 0 Å². The number of carbonyl (C=O) groups is 2. The van der Waals surface area contributed by atoms with Crippen molar-refractivity contribution in [2.45, 2.75) is 77.7 Å². The summed E-state index contributed by atoms with van der Waals surface area (Å²) < 4.78 is 0. The van der Waals surface area contributed by atoms with Crippen molar-refractivity contribution >= 4 is 33.4 Å². The predicted octanol–water partition coefficient (Wildman–Crippen LogP) is 6.36. The molecule has 4 aromatic rings. The van der Waals surface area contributed by atoms with E-state index in [1.165, 1.54) is 0 Å². The SMILES string of the molecule is CCC(CC)(C(=O)N[C@@H](c1cccc2ccccc12)C(C)(C)O)C(=O)N[C@@H](c1cccc2ccccc12)C(C)(C)O. The summed E-state index contributed by atoms with van der Waals surface area (Å²) in [6.45, 7) is 10.3. The molecule has 2 amide bonds. The molecule has 6 nitrogen and oxygen atoms in total. The highest BCUT2D eigenvalue weighted by Crippen LogP contribution is 2.37. The molecule has 216 valence electrons. The van der Waals surface area contributed by atoms with Gasteiger partial charge in [-0.2, -0.15) is 0 Å². The monoisotopic (exact) mass is 554 g/mol. The standard InChI is InChI=1S/C35H42N2O4/c1-7-35(8-2,31(38)36-29(33(3,4)40)27-21-13-17-23-15-9-11-19-25(23)27)32(39)37-30(34(5,6)41)28-22-14-18-24-16-10-12-20-26(24)28/h9-22,29-30,40-41H,7-8H2,1-6H3,(H,36,38)(H,37,39)/t29-,30-/m0/s1. The Morgan fingerprint density at radius 3 is 1.29 bits per heavy atom. The lowest BCUT2D eigenvalue weighted by Crippen LogP contribution is -2.56. The van der Waals surface area contributed by atoms with Gasteiger partial charge < -0.3 is 20.8 Å². The van der Waals surface area contributed by atoms with Crippen molar-refractivity contribution in [2.24, 2.45) is 5.41 Å². The van der Waals surface area contributed by atoms with Crippen LogP contribution in [-0.2, 0) is 9.59 Å². The molecule has 0 saturated heterocycles. The molecule has 0 spiro atoms. The second-order valence-corrected chi connectivity index (χ2v) is 12.0. The number of hydrogen-bond donors (Lipinski definition) is 4. The average molecular weight is 555 g/mol. The van der Waals surface area contributed by atoms with Crippen LogP contribution in [-0.4, -0.2) is 33.2 Å². The summed E-state index contributed by atoms with van der Waals surface area (Å²) in [7, 11) is 0. The number of aliphatic hydroxyl groups is 2. The van der Waals surface area contributed by atoms with E-state index >= 15 is 0 Å². The predicted molar refractivity (Wildman–Crippen MR) is 165 cm³/mol. The fourth-order valence-corrected chi connectivity index (χ4v) is 5.81. The molecule has 0 aliphatic heterocycles. The highest BCUT2D eigenvalue weighted by atomic mass is 16.3. The largest absolute Gasteiger partial charge is 0.388 e. The quantitative estimate of drug-likeness (QED) is 0.172. The second kappa shape index (κ2) is 11.6. The van der Waals surface area contributed by atoms with Crippen molar-refractivity contribution < 1.29 is 19.8 Å². The van der Waals surface area contributed by atoms with Crippen molar-refractivity contribution in [3.05, 3.63) is 96.1 Å². The Morgan fingerprint density at radius 1 is 0.610 bits per heavy atom. The van der Waals surface area contributed by atoms with Gasteiger partial charge in [-0.1, -0.05) is 98.8 Å². The molecule has 0 fully saturated rings. The Hall–Kier alpha value is -3.74. The van der Waals surface area contributed by atoms with Gasteiger partial charge in [0.1, 0.15) is 5.41 Å². The van der Waals surface area contributed by atoms with Gasteiger partial charge in [-0.15, -0.1) is 0 Å². The number of benzene rings is 4. The third-order valence-electron chi connectivity index (χ3n) is 8.31. The zero-order valence-corrected chi connectivity index (χ0v) is 24.9. The lowest BCUT2D eigenvalue weighted by molar-refractivity contribution is -0.147. The number of hydrogen-bond acceptors (Lipinski definition) is 4. The molecule has 4 N–H and O–H groups in total. The van der Waals surface area contributed by atoms with E-state index < -0.39 is 40.5 Å². The van der Waals surface area contributed by atoms with E-state index in [0.29, 0.717) is 0 Å². The molecule has 0 radical (unpaired) electrons. The first-order valence-electron chi connectivity index (χ1n) is 14.4. The molecule has 0 aliphatic carbocycles. The van der Waals surface area contributed by atoms with Gasteiger partial charge in [0.05, 0.1) is 23.3 Å². The zero-order valence-electron chi connectivity index (χ0n) is 24.9. The van der Waals surface area contributed by atoms with Crippen LogP contribution in [0.15, 0.2) is 84.9 Å². The van der Waals surface area contributed by atoms with Crippen LogP contribution in [0.3, 0.4) is 0 Å². The fraction of sp³-hybridized carbons (Fsp3) is 0.371. The van der Waals surface area contributed by atoms with Crippen LogP contribution < -0.4 is 10.6 Å². The molecular weight excluding hydrogens is 512 g/mol. The van der Waals surface area contributed by atoms with Gasteiger partial charge in [-0.05, 0) is 73.2 Å². The molecule has 4 aromatic carbocycles. The van der Waals surface area contributed by atoms with Gasteiger partial charge in [0.2, 0.25) is 11.8 Å². The lowest BCUT2D eigenvalue weighted by atomic mass is 9.78. The first-order chi connectivity index (χ1) is 19.3. The van der Waals surface area contributed by atoms with Crippen molar-refractivity contribution in [1.82, 2.24) is 10.6 Å². The zero-order chi connectivity index (χ0) is 30.0. The molecule has 2 atom stereocenters. The van der Waals surface area contributed by atoms with Gasteiger partial charge >= 0.3 is 0 Å². The Balaban J connectivity index is 1.72. The normalized spacial score (nSPS) is 14.0. The minimum atomic E-state index is -1.43. The van der Waals surface area contributed by atoms with E-state index in [-0.39, 0.29) is 12.8 Å². The molecule has 0 saturated carbocycles. The highest BCUT2D eigenvalue weighted by Gasteiger charge is 2.47. The molecule has 0 aromatic heterocycles. The maximum absolute atomic E-state index is 14.2. The molecule has 6 heteroatoms. The average Bonchev–Trinajstić information content (AvgIpc) is 2.94. The van der Waals surface area contributed by atoms with Crippen molar-refractivity contribution in [1.29, 1.82) is 0 Å². The minimum absolute atomic E-state index is 0.239. The third-order valence-corrected chi connectivity index (χ3v) is 8.31. The van der Waals surface area contributed by atoms with Gasteiger partial charge in [0.15, 0.2) is 0 Å². The Bertz CT molecular complexity index is 1420. The number of nitrogens with one attached hydrogen (secondary N) is 2. The second-order valence-electron chi connectivity index (χ2n) is 12.0. The third kappa shape index (κ3) is 5.99. The van der Waals surface area contributed by atoms with E-state index in [9.17, 15) is 19.8 Å². The van der Waals surface area contributed by atoms with E-state index in [4.69, 9.17) is 0 Å². The van der Waals surface area contributed by atoms with E-state index in [2.05, 4.69) is 10.6 Å². The van der Waals surface area contributed by atoms with Gasteiger partial charge in [-0.25, -0.2) is 0 Å². The number of rotatable bonds is 10. The molecule has 41 heavy (non-hydrogen) atoms. The van der Waals surface area contributed by atoms with Crippen LogP contribution in [0.5, 0.6) is 0 Å². The molecular formula is C35H42N2O4. The van der Waals surface area contributed by atoms with Crippen molar-refractivity contribution in [2.75, 3.05) is 0 Å². The number of amides is 2. The summed E-state index contributed by atoms with van der Waals surface area (Å²) in [4.78, 5) is 28.3. The first-order valence-corrected chi connectivity index (χ1v) is 14.4. The Labute approximate surface area is 242 Å². The Kier molecular flexibility index (Phi) is 8.57. The maximum atomic E-state index is 14.2. The summed E-state index contributed by atoms with van der Waals surface area (Å²) in [6, 6.07) is 25.7. The van der Waals surface area contributed by atoms with Crippen LogP contribution in [0, 0.1) is 5.41 Å². The van der Waals surface area contributed by atoms with Crippen LogP contribution in [0.4, 0.5) is 0 Å². The highest BCUT2D eigenvalue weighted by molar-refractivity contribution is 6.05. The van der Waals surface area contributed by atoms with Crippen LogP contribution in [0.1, 0.15) is 77.6 Å². The van der Waals surface area contributed by atoms with Crippen LogP contribution in [0.2, 0.25) is 0 Å². The first kappa shape index (κ1) is 30.2. The maximum Gasteiger partial charge on any atom is 0.236 e. The van der Waals surface area contributed by atoms with Gasteiger partial charge in [0, 0.05) is 0 Å². The number of carbonyl (C=O) groups excluding carboxylic acids is 2. The number of fused-ring (bicyclic) bond motifs is 2.